The Bertz CT molecular complexity index is 571. The molecule has 2 rings (SSSR count). The highest BCUT2D eigenvalue weighted by Gasteiger charge is 2.16. The van der Waals surface area contributed by atoms with Gasteiger partial charge in [0.1, 0.15) is 10.3 Å². The number of hydrogen-bond donors (Lipinski definition) is 1. The van der Waals surface area contributed by atoms with Gasteiger partial charge in [-0.15, -0.1) is 5.10 Å². The van der Waals surface area contributed by atoms with Gasteiger partial charge in [0.25, 0.3) is 0 Å². The maximum absolute atomic E-state index is 10.8. The SMILES string of the molecule is Cc1nnc(SC(C)C(=O)O)c2ccccc12. The molecule has 0 radical (unpaired) electrons. The third-order valence-corrected chi connectivity index (χ3v) is 3.55. The third-order valence-electron chi connectivity index (χ3n) is 2.47. The standard InChI is InChI=1S/C12H12N2O2S/c1-7-9-5-3-4-6-10(9)11(14-13-7)17-8(2)12(15)16/h3-6,8H,1-2H3,(H,15,16). The minimum atomic E-state index is -0.846. The van der Waals surface area contributed by atoms with Gasteiger partial charge in [0, 0.05) is 10.8 Å². The summed E-state index contributed by atoms with van der Waals surface area (Å²) >= 11 is 1.22. The molecule has 4 nitrogen and oxygen atoms in total. The average Bonchev–Trinajstić information content (AvgIpc) is 2.33. The summed E-state index contributed by atoms with van der Waals surface area (Å²) in [5.74, 6) is -0.846. The van der Waals surface area contributed by atoms with Crippen LogP contribution < -0.4 is 0 Å². The van der Waals surface area contributed by atoms with Crippen LogP contribution in [0.5, 0.6) is 0 Å². The summed E-state index contributed by atoms with van der Waals surface area (Å²) < 4.78 is 0. The van der Waals surface area contributed by atoms with E-state index in [4.69, 9.17) is 5.11 Å². The van der Waals surface area contributed by atoms with Gasteiger partial charge in [0.05, 0.1) is 5.69 Å². The molecule has 1 aromatic carbocycles. The van der Waals surface area contributed by atoms with Crippen molar-refractivity contribution in [3.05, 3.63) is 30.0 Å². The number of nitrogens with zero attached hydrogens (tertiary/aromatic N) is 2. The number of rotatable bonds is 3. The van der Waals surface area contributed by atoms with Crippen molar-refractivity contribution in [1.29, 1.82) is 0 Å². The zero-order valence-electron chi connectivity index (χ0n) is 9.54. The minimum Gasteiger partial charge on any atom is -0.480 e. The second-order valence-electron chi connectivity index (χ2n) is 3.73. The first-order chi connectivity index (χ1) is 8.09. The Labute approximate surface area is 103 Å². The summed E-state index contributed by atoms with van der Waals surface area (Å²) in [6.45, 7) is 3.54. The van der Waals surface area contributed by atoms with Crippen molar-refractivity contribution < 1.29 is 9.90 Å². The van der Waals surface area contributed by atoms with Crippen LogP contribution in [0.15, 0.2) is 29.3 Å². The molecule has 1 aromatic heterocycles. The first-order valence-corrected chi connectivity index (χ1v) is 6.09. The van der Waals surface area contributed by atoms with E-state index in [1.807, 2.05) is 31.2 Å². The first kappa shape index (κ1) is 11.9. The monoisotopic (exact) mass is 248 g/mol. The van der Waals surface area contributed by atoms with Gasteiger partial charge in [-0.25, -0.2) is 0 Å². The van der Waals surface area contributed by atoms with Crippen LogP contribution in [0.3, 0.4) is 0 Å². The molecule has 0 amide bonds. The van der Waals surface area contributed by atoms with Gasteiger partial charge in [0.15, 0.2) is 0 Å². The number of carbonyl (C=O) groups is 1. The molecule has 0 aliphatic rings. The molecule has 2 aromatic rings. The van der Waals surface area contributed by atoms with Crippen LogP contribution in [0.25, 0.3) is 10.8 Å². The smallest absolute Gasteiger partial charge is 0.316 e. The van der Waals surface area contributed by atoms with Crippen molar-refractivity contribution in [2.24, 2.45) is 0 Å². The number of carboxylic acids is 1. The van der Waals surface area contributed by atoms with Gasteiger partial charge < -0.3 is 5.11 Å². The summed E-state index contributed by atoms with van der Waals surface area (Å²) in [5.41, 5.74) is 0.855. The van der Waals surface area contributed by atoms with E-state index >= 15 is 0 Å². The van der Waals surface area contributed by atoms with Crippen molar-refractivity contribution in [1.82, 2.24) is 10.2 Å². The lowest BCUT2D eigenvalue weighted by Gasteiger charge is -2.08. The number of benzene rings is 1. The quantitative estimate of drug-likeness (QED) is 0.845. The number of thioether (sulfide) groups is 1. The third kappa shape index (κ3) is 2.39. The molecule has 88 valence electrons. The topological polar surface area (TPSA) is 63.1 Å². The fourth-order valence-electron chi connectivity index (χ4n) is 1.52. The lowest BCUT2D eigenvalue weighted by Crippen LogP contribution is -2.11. The summed E-state index contributed by atoms with van der Waals surface area (Å²) in [5, 5.41) is 19.1. The number of fused-ring (bicyclic) bond motifs is 1. The molecule has 17 heavy (non-hydrogen) atoms. The van der Waals surface area contributed by atoms with E-state index in [-0.39, 0.29) is 0 Å². The number of hydrogen-bond acceptors (Lipinski definition) is 4. The highest BCUT2D eigenvalue weighted by molar-refractivity contribution is 8.00. The number of aryl methyl sites for hydroxylation is 1. The van der Waals surface area contributed by atoms with E-state index in [9.17, 15) is 4.79 Å². The predicted molar refractivity (Wildman–Crippen MR) is 67.2 cm³/mol. The molecule has 0 saturated heterocycles. The van der Waals surface area contributed by atoms with Crippen LogP contribution >= 0.6 is 11.8 Å². The molecule has 5 heteroatoms. The minimum absolute atomic E-state index is 0.532. The normalized spacial score (nSPS) is 12.6. The van der Waals surface area contributed by atoms with Crippen molar-refractivity contribution in [3.8, 4) is 0 Å². The molecular weight excluding hydrogens is 236 g/mol. The van der Waals surface area contributed by atoms with Crippen LogP contribution in [0.4, 0.5) is 0 Å². The van der Waals surface area contributed by atoms with Crippen LogP contribution in [0, 0.1) is 6.92 Å². The Morgan fingerprint density at radius 3 is 2.59 bits per heavy atom. The highest BCUT2D eigenvalue weighted by Crippen LogP contribution is 2.29. The summed E-state index contributed by atoms with van der Waals surface area (Å²) in [7, 11) is 0. The van der Waals surface area contributed by atoms with Gasteiger partial charge in [0.2, 0.25) is 0 Å². The first-order valence-electron chi connectivity index (χ1n) is 5.21. The zero-order chi connectivity index (χ0) is 12.4. The Hall–Kier alpha value is -1.62. The Morgan fingerprint density at radius 2 is 1.94 bits per heavy atom. The molecule has 0 bridgehead atoms. The highest BCUT2D eigenvalue weighted by atomic mass is 32.2. The van der Waals surface area contributed by atoms with E-state index in [2.05, 4.69) is 10.2 Å². The van der Waals surface area contributed by atoms with Crippen molar-refractivity contribution >= 4 is 28.5 Å². The lowest BCUT2D eigenvalue weighted by atomic mass is 10.1. The molecule has 1 atom stereocenters. The molecule has 0 aliphatic heterocycles. The van der Waals surface area contributed by atoms with Gasteiger partial charge >= 0.3 is 5.97 Å². The van der Waals surface area contributed by atoms with E-state index in [0.717, 1.165) is 16.5 Å². The maximum atomic E-state index is 10.8. The van der Waals surface area contributed by atoms with Crippen LogP contribution in [0.2, 0.25) is 0 Å². The van der Waals surface area contributed by atoms with Crippen molar-refractivity contribution in [3.63, 3.8) is 0 Å². The maximum Gasteiger partial charge on any atom is 0.316 e. The average molecular weight is 248 g/mol. The summed E-state index contributed by atoms with van der Waals surface area (Å²) in [6, 6.07) is 7.76. The molecule has 0 aliphatic carbocycles. The zero-order valence-corrected chi connectivity index (χ0v) is 10.4. The summed E-state index contributed by atoms with van der Waals surface area (Å²) in [6.07, 6.45) is 0. The molecule has 1 N–H and O–H groups in total. The molecule has 0 spiro atoms. The van der Waals surface area contributed by atoms with Crippen LogP contribution in [-0.4, -0.2) is 26.5 Å². The number of aromatic nitrogens is 2. The van der Waals surface area contributed by atoms with Gasteiger partial charge in [-0.2, -0.15) is 5.10 Å². The molecule has 0 saturated carbocycles. The fraction of sp³-hybridized carbons (Fsp3) is 0.250. The van der Waals surface area contributed by atoms with Crippen molar-refractivity contribution in [2.75, 3.05) is 0 Å². The number of aliphatic carboxylic acids is 1. The van der Waals surface area contributed by atoms with E-state index in [1.165, 1.54) is 11.8 Å². The van der Waals surface area contributed by atoms with Crippen LogP contribution in [0.1, 0.15) is 12.6 Å². The van der Waals surface area contributed by atoms with Crippen molar-refractivity contribution in [2.45, 2.75) is 24.1 Å². The second-order valence-corrected chi connectivity index (χ2v) is 5.06. The molecule has 1 heterocycles. The second kappa shape index (κ2) is 4.71. The molecule has 0 fully saturated rings. The van der Waals surface area contributed by atoms with E-state index in [0.29, 0.717) is 5.03 Å². The molecular formula is C12H12N2O2S. The lowest BCUT2D eigenvalue weighted by molar-refractivity contribution is -0.136. The van der Waals surface area contributed by atoms with E-state index < -0.39 is 11.2 Å². The summed E-state index contributed by atoms with van der Waals surface area (Å²) in [4.78, 5) is 10.8. The van der Waals surface area contributed by atoms with Gasteiger partial charge in [-0.1, -0.05) is 36.0 Å². The Balaban J connectivity index is 2.48. The Kier molecular flexibility index (Phi) is 3.28. The van der Waals surface area contributed by atoms with Gasteiger partial charge in [-0.05, 0) is 13.8 Å². The predicted octanol–water partition coefficient (Wildman–Crippen LogP) is 2.50. The number of carboxylic acid groups (broad SMARTS) is 1. The van der Waals surface area contributed by atoms with Gasteiger partial charge in [-0.3, -0.25) is 4.79 Å². The molecule has 1 unspecified atom stereocenters. The largest absolute Gasteiger partial charge is 0.480 e. The van der Waals surface area contributed by atoms with Crippen LogP contribution in [-0.2, 0) is 4.79 Å². The fourth-order valence-corrected chi connectivity index (χ4v) is 2.35. The van der Waals surface area contributed by atoms with E-state index in [1.54, 1.807) is 6.92 Å². The Morgan fingerprint density at radius 1 is 1.29 bits per heavy atom.